The minimum atomic E-state index is -0.797. The van der Waals surface area contributed by atoms with Gasteiger partial charge in [0, 0.05) is 17.7 Å². The number of nitrogens with one attached hydrogen (secondary N) is 1. The Morgan fingerprint density at radius 3 is 2.56 bits per heavy atom. The molecule has 4 rings (SSSR count). The lowest BCUT2D eigenvalue weighted by Gasteiger charge is -2.23. The number of hydrogen-bond donors (Lipinski definition) is 2. The van der Waals surface area contributed by atoms with E-state index in [1.54, 1.807) is 4.90 Å². The van der Waals surface area contributed by atoms with Gasteiger partial charge in [0.05, 0.1) is 6.54 Å². The van der Waals surface area contributed by atoms with Gasteiger partial charge in [-0.15, -0.1) is 0 Å². The molecule has 2 aromatic rings. The molecule has 0 bridgehead atoms. The van der Waals surface area contributed by atoms with Crippen LogP contribution in [-0.4, -0.2) is 30.1 Å². The van der Waals surface area contributed by atoms with E-state index in [4.69, 9.17) is 5.11 Å². The summed E-state index contributed by atoms with van der Waals surface area (Å²) < 4.78 is 0. The molecular weight excluding hydrogens is 340 g/mol. The summed E-state index contributed by atoms with van der Waals surface area (Å²) in [5.74, 6) is -0.209. The molecule has 0 atom stereocenters. The summed E-state index contributed by atoms with van der Waals surface area (Å²) in [5.41, 5.74) is 5.00. The normalized spacial score (nSPS) is 17.2. The van der Waals surface area contributed by atoms with Crippen LogP contribution < -0.4 is 10.2 Å². The number of benzene rings is 2. The van der Waals surface area contributed by atoms with Crippen molar-refractivity contribution in [3.63, 3.8) is 0 Å². The minimum Gasteiger partial charge on any atom is -0.481 e. The fourth-order valence-electron chi connectivity index (χ4n) is 4.03. The smallest absolute Gasteiger partial charge is 0.303 e. The fraction of sp³-hybridized carbons (Fsp3) is 0.364. The zero-order valence-corrected chi connectivity index (χ0v) is 15.3. The third kappa shape index (κ3) is 3.74. The average Bonchev–Trinajstić information content (AvgIpc) is 3.03. The van der Waals surface area contributed by atoms with Gasteiger partial charge in [-0.1, -0.05) is 24.3 Å². The molecule has 5 nitrogen and oxygen atoms in total. The topological polar surface area (TPSA) is 69.6 Å². The molecule has 0 aliphatic carbocycles. The summed E-state index contributed by atoms with van der Waals surface area (Å²) in [6, 6.07) is 14.0. The Balaban J connectivity index is 1.50. The number of aliphatic carboxylic acids is 1. The Kier molecular flexibility index (Phi) is 4.94. The molecule has 0 unspecified atom stereocenters. The number of carbonyl (C=O) groups excluding carboxylic acids is 1. The summed E-state index contributed by atoms with van der Waals surface area (Å²) in [6.45, 7) is 2.67. The van der Waals surface area contributed by atoms with Crippen molar-refractivity contribution in [1.82, 2.24) is 5.32 Å². The number of amides is 1. The zero-order valence-electron chi connectivity index (χ0n) is 15.3. The Morgan fingerprint density at radius 1 is 1.11 bits per heavy atom. The van der Waals surface area contributed by atoms with E-state index in [0.29, 0.717) is 18.9 Å². The first-order valence-electron chi connectivity index (χ1n) is 9.58. The second-order valence-electron chi connectivity index (χ2n) is 7.39. The lowest BCUT2D eigenvalue weighted by atomic mass is 9.88. The first-order chi connectivity index (χ1) is 13.1. The van der Waals surface area contributed by atoms with Gasteiger partial charge in [0.15, 0.2) is 0 Å². The first kappa shape index (κ1) is 17.7. The molecule has 140 valence electrons. The summed E-state index contributed by atoms with van der Waals surface area (Å²) in [5, 5.41) is 12.2. The maximum absolute atomic E-state index is 13.0. The van der Waals surface area contributed by atoms with Gasteiger partial charge < -0.3 is 15.3 Å². The second kappa shape index (κ2) is 7.53. The third-order valence-corrected chi connectivity index (χ3v) is 5.62. The number of anilines is 1. The lowest BCUT2D eigenvalue weighted by molar-refractivity contribution is -0.136. The van der Waals surface area contributed by atoms with Crippen LogP contribution in [0.3, 0.4) is 0 Å². The predicted molar refractivity (Wildman–Crippen MR) is 104 cm³/mol. The number of aryl methyl sites for hydroxylation is 1. The molecule has 1 fully saturated rings. The highest BCUT2D eigenvalue weighted by molar-refractivity contribution is 6.10. The van der Waals surface area contributed by atoms with E-state index in [1.807, 2.05) is 24.3 Å². The van der Waals surface area contributed by atoms with Gasteiger partial charge >= 0.3 is 5.97 Å². The van der Waals surface area contributed by atoms with Crippen LogP contribution in [-0.2, 0) is 17.8 Å². The standard InChI is InChI=1S/C22H24N2O3/c25-21(26)8-3-15-1-6-19(7-2-15)24-14-18-5-4-17(13-20(18)22(24)27)16-9-11-23-12-10-16/h1-2,4-7,13,16,23H,3,8-12,14H2,(H,25,26). The Bertz CT molecular complexity index is 854. The van der Waals surface area contributed by atoms with Crippen molar-refractivity contribution in [2.24, 2.45) is 0 Å². The highest BCUT2D eigenvalue weighted by atomic mass is 16.4. The average molecular weight is 364 g/mol. The van der Waals surface area contributed by atoms with Crippen LogP contribution in [0.2, 0.25) is 0 Å². The van der Waals surface area contributed by atoms with E-state index in [-0.39, 0.29) is 12.3 Å². The summed E-state index contributed by atoms with van der Waals surface area (Å²) >= 11 is 0. The predicted octanol–water partition coefficient (Wildman–Crippen LogP) is 3.33. The second-order valence-corrected chi connectivity index (χ2v) is 7.39. The SMILES string of the molecule is O=C(O)CCc1ccc(N2Cc3ccc(C4CCNCC4)cc3C2=O)cc1. The number of carbonyl (C=O) groups is 2. The molecule has 0 saturated carbocycles. The van der Waals surface area contributed by atoms with E-state index in [0.717, 1.165) is 48.3 Å². The molecule has 2 N–H and O–H groups in total. The van der Waals surface area contributed by atoms with Gasteiger partial charge in [0.1, 0.15) is 0 Å². The van der Waals surface area contributed by atoms with E-state index in [9.17, 15) is 9.59 Å². The molecule has 0 spiro atoms. The van der Waals surface area contributed by atoms with Crippen LogP contribution in [0.1, 0.15) is 52.2 Å². The third-order valence-electron chi connectivity index (χ3n) is 5.62. The van der Waals surface area contributed by atoms with Crippen molar-refractivity contribution >= 4 is 17.6 Å². The molecule has 1 saturated heterocycles. The van der Waals surface area contributed by atoms with Crippen LogP contribution >= 0.6 is 0 Å². The van der Waals surface area contributed by atoms with Crippen LogP contribution in [0.25, 0.3) is 0 Å². The fourth-order valence-corrected chi connectivity index (χ4v) is 4.03. The van der Waals surface area contributed by atoms with E-state index >= 15 is 0 Å². The number of piperidine rings is 1. The zero-order chi connectivity index (χ0) is 18.8. The monoisotopic (exact) mass is 364 g/mol. The summed E-state index contributed by atoms with van der Waals surface area (Å²) in [4.78, 5) is 25.5. The van der Waals surface area contributed by atoms with Crippen molar-refractivity contribution in [2.45, 2.75) is 38.1 Å². The summed E-state index contributed by atoms with van der Waals surface area (Å²) in [7, 11) is 0. The number of carboxylic acid groups (broad SMARTS) is 1. The lowest BCUT2D eigenvalue weighted by Crippen LogP contribution is -2.26. The van der Waals surface area contributed by atoms with E-state index in [1.165, 1.54) is 5.56 Å². The summed E-state index contributed by atoms with van der Waals surface area (Å²) in [6.07, 6.45) is 2.86. The largest absolute Gasteiger partial charge is 0.481 e. The van der Waals surface area contributed by atoms with Crippen molar-refractivity contribution < 1.29 is 14.7 Å². The molecular formula is C22H24N2O3. The molecule has 0 aromatic heterocycles. The van der Waals surface area contributed by atoms with Gasteiger partial charge in [0.25, 0.3) is 5.91 Å². The Labute approximate surface area is 159 Å². The molecule has 1 amide bonds. The van der Waals surface area contributed by atoms with Crippen molar-refractivity contribution in [3.8, 4) is 0 Å². The molecule has 0 radical (unpaired) electrons. The number of hydrogen-bond acceptors (Lipinski definition) is 3. The molecule has 2 heterocycles. The van der Waals surface area contributed by atoms with Crippen molar-refractivity contribution in [1.29, 1.82) is 0 Å². The highest BCUT2D eigenvalue weighted by Gasteiger charge is 2.29. The number of nitrogens with zero attached hydrogens (tertiary/aromatic N) is 1. The van der Waals surface area contributed by atoms with Crippen LogP contribution in [0.15, 0.2) is 42.5 Å². The minimum absolute atomic E-state index is 0.0547. The number of rotatable bonds is 5. The molecule has 27 heavy (non-hydrogen) atoms. The highest BCUT2D eigenvalue weighted by Crippen LogP contribution is 2.33. The van der Waals surface area contributed by atoms with Gasteiger partial charge in [-0.2, -0.15) is 0 Å². The Morgan fingerprint density at radius 2 is 1.85 bits per heavy atom. The van der Waals surface area contributed by atoms with Crippen LogP contribution in [0, 0.1) is 0 Å². The van der Waals surface area contributed by atoms with Gasteiger partial charge in [-0.25, -0.2) is 0 Å². The molecule has 5 heteroatoms. The molecule has 2 aliphatic heterocycles. The number of carboxylic acids is 1. The number of fused-ring (bicyclic) bond motifs is 1. The van der Waals surface area contributed by atoms with E-state index in [2.05, 4.69) is 23.5 Å². The molecule has 2 aromatic carbocycles. The van der Waals surface area contributed by atoms with Crippen LogP contribution in [0.5, 0.6) is 0 Å². The maximum Gasteiger partial charge on any atom is 0.303 e. The van der Waals surface area contributed by atoms with Crippen LogP contribution in [0.4, 0.5) is 5.69 Å². The van der Waals surface area contributed by atoms with Gasteiger partial charge in [-0.05, 0) is 73.2 Å². The van der Waals surface area contributed by atoms with Gasteiger partial charge in [0.2, 0.25) is 0 Å². The maximum atomic E-state index is 13.0. The first-order valence-corrected chi connectivity index (χ1v) is 9.58. The van der Waals surface area contributed by atoms with Crippen molar-refractivity contribution in [2.75, 3.05) is 18.0 Å². The quantitative estimate of drug-likeness (QED) is 0.854. The van der Waals surface area contributed by atoms with Crippen molar-refractivity contribution in [3.05, 3.63) is 64.7 Å². The Hall–Kier alpha value is -2.66. The van der Waals surface area contributed by atoms with E-state index < -0.39 is 5.97 Å². The van der Waals surface area contributed by atoms with Gasteiger partial charge in [-0.3, -0.25) is 9.59 Å². The molecule has 2 aliphatic rings.